The molecule has 1 rings (SSSR count). The highest BCUT2D eigenvalue weighted by Gasteiger charge is 2.26. The fraction of sp³-hybridized carbons (Fsp3) is 0.714. The van der Waals surface area contributed by atoms with Crippen molar-refractivity contribution >= 4 is 5.78 Å². The van der Waals surface area contributed by atoms with Gasteiger partial charge in [0.2, 0.25) is 0 Å². The Kier molecular flexibility index (Phi) is 3.51. The maximum atomic E-state index is 12.1. The van der Waals surface area contributed by atoms with Crippen LogP contribution in [0.3, 0.4) is 0 Å². The molecule has 0 aliphatic rings. The highest BCUT2D eigenvalue weighted by Crippen LogP contribution is 2.22. The van der Waals surface area contributed by atoms with Crippen LogP contribution in [0.2, 0.25) is 0 Å². The summed E-state index contributed by atoms with van der Waals surface area (Å²) in [5.41, 5.74) is 0.403. The van der Waals surface area contributed by atoms with E-state index in [1.165, 1.54) is 0 Å². The Morgan fingerprint density at radius 1 is 1.24 bits per heavy atom. The molecule has 0 unspecified atom stereocenters. The van der Waals surface area contributed by atoms with Gasteiger partial charge in [-0.15, -0.1) is 0 Å². The van der Waals surface area contributed by atoms with E-state index in [1.807, 2.05) is 33.9 Å². The van der Waals surface area contributed by atoms with Crippen LogP contribution in [0.4, 0.5) is 0 Å². The predicted molar refractivity (Wildman–Crippen MR) is 70.2 cm³/mol. The first-order chi connectivity index (χ1) is 7.50. The summed E-state index contributed by atoms with van der Waals surface area (Å²) in [4.78, 5) is 16.5. The second kappa shape index (κ2) is 4.28. The van der Waals surface area contributed by atoms with Crippen LogP contribution < -0.4 is 0 Å². The molecule has 0 aromatic carbocycles. The number of aromatic nitrogens is 2. The first-order valence-electron chi connectivity index (χ1n) is 6.09. The quantitative estimate of drug-likeness (QED) is 0.737. The average molecular weight is 236 g/mol. The van der Waals surface area contributed by atoms with Crippen molar-refractivity contribution in [2.45, 2.75) is 55.0 Å². The minimum Gasteiger partial charge on any atom is -0.334 e. The first kappa shape index (κ1) is 13.9. The summed E-state index contributed by atoms with van der Waals surface area (Å²) in [7, 11) is 0. The number of hydrogen-bond acceptors (Lipinski definition) is 2. The third-order valence-corrected chi connectivity index (χ3v) is 2.53. The van der Waals surface area contributed by atoms with Crippen LogP contribution in [-0.4, -0.2) is 15.3 Å². The Hall–Kier alpha value is -1.12. The minimum atomic E-state index is -0.368. The van der Waals surface area contributed by atoms with Crippen molar-refractivity contribution in [2.75, 3.05) is 0 Å². The van der Waals surface area contributed by atoms with Gasteiger partial charge in [-0.1, -0.05) is 41.5 Å². The summed E-state index contributed by atoms with van der Waals surface area (Å²) in [6, 6.07) is 0. The third-order valence-electron chi connectivity index (χ3n) is 2.53. The monoisotopic (exact) mass is 236 g/mol. The number of nitrogens with zero attached hydrogens (tertiary/aromatic N) is 2. The standard InChI is InChI=1S/C14H24N2O/c1-10-15-11(12(17)14(5,6)7)8-16(10)9-13(2,3)4/h8H,9H2,1-7H3. The lowest BCUT2D eigenvalue weighted by molar-refractivity contribution is 0.0853. The van der Waals surface area contributed by atoms with E-state index in [2.05, 4.69) is 30.3 Å². The lowest BCUT2D eigenvalue weighted by Crippen LogP contribution is -2.20. The van der Waals surface area contributed by atoms with E-state index in [1.54, 1.807) is 0 Å². The van der Waals surface area contributed by atoms with Gasteiger partial charge in [0.1, 0.15) is 11.5 Å². The van der Waals surface area contributed by atoms with Crippen molar-refractivity contribution in [1.29, 1.82) is 0 Å². The maximum absolute atomic E-state index is 12.1. The maximum Gasteiger partial charge on any atom is 0.188 e. The van der Waals surface area contributed by atoms with Gasteiger partial charge < -0.3 is 4.57 Å². The summed E-state index contributed by atoms with van der Waals surface area (Å²) in [6.45, 7) is 15.1. The van der Waals surface area contributed by atoms with Crippen LogP contribution in [0.1, 0.15) is 57.9 Å². The number of hydrogen-bond donors (Lipinski definition) is 0. The van der Waals surface area contributed by atoms with Crippen LogP contribution >= 0.6 is 0 Å². The molecule has 96 valence electrons. The third kappa shape index (κ3) is 3.69. The second-order valence-corrected chi connectivity index (χ2v) is 6.94. The van der Waals surface area contributed by atoms with Crippen molar-refractivity contribution in [3.05, 3.63) is 17.7 Å². The fourth-order valence-corrected chi connectivity index (χ4v) is 1.67. The highest BCUT2D eigenvalue weighted by molar-refractivity contribution is 5.98. The molecule has 0 fully saturated rings. The zero-order chi connectivity index (χ0) is 13.4. The molecule has 0 saturated carbocycles. The number of imidazole rings is 1. The van der Waals surface area contributed by atoms with Gasteiger partial charge in [-0.05, 0) is 12.3 Å². The van der Waals surface area contributed by atoms with E-state index >= 15 is 0 Å². The molecular weight excluding hydrogens is 212 g/mol. The van der Waals surface area contributed by atoms with Crippen molar-refractivity contribution in [1.82, 2.24) is 9.55 Å². The molecule has 0 saturated heterocycles. The molecule has 1 aromatic heterocycles. The van der Waals surface area contributed by atoms with Gasteiger partial charge in [0.05, 0.1) is 0 Å². The number of carbonyl (C=O) groups excluding carboxylic acids is 1. The predicted octanol–water partition coefficient (Wildman–Crippen LogP) is 3.47. The van der Waals surface area contributed by atoms with E-state index in [9.17, 15) is 4.79 Å². The Morgan fingerprint density at radius 3 is 2.18 bits per heavy atom. The van der Waals surface area contributed by atoms with Gasteiger partial charge in [-0.25, -0.2) is 4.98 Å². The molecule has 0 amide bonds. The van der Waals surface area contributed by atoms with Crippen molar-refractivity contribution in [2.24, 2.45) is 10.8 Å². The zero-order valence-corrected chi connectivity index (χ0v) is 12.1. The van der Waals surface area contributed by atoms with Crippen molar-refractivity contribution in [3.8, 4) is 0 Å². The van der Waals surface area contributed by atoms with Gasteiger partial charge in [0, 0.05) is 18.2 Å². The number of ketones is 1. The summed E-state index contributed by atoms with van der Waals surface area (Å²) < 4.78 is 2.07. The van der Waals surface area contributed by atoms with Crippen LogP contribution in [0.15, 0.2) is 6.20 Å². The molecule has 17 heavy (non-hydrogen) atoms. The second-order valence-electron chi connectivity index (χ2n) is 6.94. The fourth-order valence-electron chi connectivity index (χ4n) is 1.67. The van der Waals surface area contributed by atoms with Crippen LogP contribution in [0.5, 0.6) is 0 Å². The lowest BCUT2D eigenvalue weighted by Gasteiger charge is -2.19. The smallest absolute Gasteiger partial charge is 0.188 e. The molecule has 0 spiro atoms. The van der Waals surface area contributed by atoms with E-state index in [0.29, 0.717) is 5.69 Å². The molecular formula is C14H24N2O. The Labute approximate surface area is 104 Å². The van der Waals surface area contributed by atoms with Crippen molar-refractivity contribution < 1.29 is 4.79 Å². The first-order valence-corrected chi connectivity index (χ1v) is 6.09. The summed E-state index contributed by atoms with van der Waals surface area (Å²) in [5.74, 6) is 1.01. The average Bonchev–Trinajstić information content (AvgIpc) is 2.42. The topological polar surface area (TPSA) is 34.9 Å². The van der Waals surface area contributed by atoms with Gasteiger partial charge >= 0.3 is 0 Å². The molecule has 0 aliphatic carbocycles. The molecule has 3 nitrogen and oxygen atoms in total. The van der Waals surface area contributed by atoms with Gasteiger partial charge in [0.25, 0.3) is 0 Å². The minimum absolute atomic E-state index is 0.105. The zero-order valence-electron chi connectivity index (χ0n) is 12.1. The summed E-state index contributed by atoms with van der Waals surface area (Å²) >= 11 is 0. The van der Waals surface area contributed by atoms with Gasteiger partial charge in [0.15, 0.2) is 5.78 Å². The van der Waals surface area contributed by atoms with Gasteiger partial charge in [-0.3, -0.25) is 4.79 Å². The lowest BCUT2D eigenvalue weighted by atomic mass is 9.89. The normalized spacial score (nSPS) is 12.9. The van der Waals surface area contributed by atoms with E-state index in [-0.39, 0.29) is 16.6 Å². The number of aryl methyl sites for hydroxylation is 1. The number of carbonyl (C=O) groups is 1. The van der Waals surface area contributed by atoms with Crippen LogP contribution in [0.25, 0.3) is 0 Å². The molecule has 0 aliphatic heterocycles. The Balaban J connectivity index is 3.01. The largest absolute Gasteiger partial charge is 0.334 e. The molecule has 1 aromatic rings. The molecule has 3 heteroatoms. The van der Waals surface area contributed by atoms with Crippen LogP contribution in [-0.2, 0) is 6.54 Å². The van der Waals surface area contributed by atoms with E-state index in [4.69, 9.17) is 0 Å². The Bertz CT molecular complexity index is 416. The molecule has 1 heterocycles. The van der Waals surface area contributed by atoms with Crippen LogP contribution in [0, 0.1) is 17.8 Å². The number of Topliss-reactive ketones (excluding diaryl/α,β-unsaturated/α-hetero) is 1. The van der Waals surface area contributed by atoms with Gasteiger partial charge in [-0.2, -0.15) is 0 Å². The molecule has 0 radical (unpaired) electrons. The van der Waals surface area contributed by atoms with Crippen molar-refractivity contribution in [3.63, 3.8) is 0 Å². The van der Waals surface area contributed by atoms with E-state index in [0.717, 1.165) is 12.4 Å². The molecule has 0 bridgehead atoms. The molecule has 0 N–H and O–H groups in total. The van der Waals surface area contributed by atoms with E-state index < -0.39 is 0 Å². The Morgan fingerprint density at radius 2 is 1.76 bits per heavy atom. The highest BCUT2D eigenvalue weighted by atomic mass is 16.1. The SMILES string of the molecule is Cc1nc(C(=O)C(C)(C)C)cn1CC(C)(C)C. The number of rotatable bonds is 2. The molecule has 0 atom stereocenters. The summed E-state index contributed by atoms with van der Waals surface area (Å²) in [6.07, 6.45) is 1.88. The summed E-state index contributed by atoms with van der Waals surface area (Å²) in [5, 5.41) is 0.